The highest BCUT2D eigenvalue weighted by Gasteiger charge is 2.56. The molecule has 3 atom stereocenters. The van der Waals surface area contributed by atoms with Crippen LogP contribution in [-0.4, -0.2) is 54.4 Å². The zero-order chi connectivity index (χ0) is 15.2. The molecule has 3 aliphatic rings. The molecule has 3 fully saturated rings. The van der Waals surface area contributed by atoms with Crippen LogP contribution in [0.2, 0.25) is 0 Å². The molecule has 1 aliphatic heterocycles. The van der Waals surface area contributed by atoms with Crippen molar-refractivity contribution in [2.45, 2.75) is 38.1 Å². The van der Waals surface area contributed by atoms with Gasteiger partial charge in [0.2, 0.25) is 5.91 Å². The molecule has 1 saturated heterocycles. The Bertz CT molecular complexity index is 546. The summed E-state index contributed by atoms with van der Waals surface area (Å²) in [6.07, 6.45) is 4.74. The van der Waals surface area contributed by atoms with Gasteiger partial charge in [0.05, 0.1) is 11.5 Å². The highest BCUT2D eigenvalue weighted by Crippen LogP contribution is 2.56. The van der Waals surface area contributed by atoms with Crippen molar-refractivity contribution in [2.75, 3.05) is 18.1 Å². The minimum absolute atomic E-state index is 0.0542. The van der Waals surface area contributed by atoms with E-state index >= 15 is 0 Å². The summed E-state index contributed by atoms with van der Waals surface area (Å²) in [5.41, 5.74) is 0. The van der Waals surface area contributed by atoms with Gasteiger partial charge in [-0.05, 0) is 31.1 Å². The van der Waals surface area contributed by atoms with Crippen LogP contribution in [0.25, 0.3) is 0 Å². The molecule has 0 spiro atoms. The standard InChI is InChI=1S/C14H21NO5S/c16-12(17)7-15(9-5-6-21(19,20)8-9)14(18)13-10-3-1-2-4-11(10)13/h9-11,13H,1-8H2,(H,16,17). The summed E-state index contributed by atoms with van der Waals surface area (Å²) in [6.45, 7) is -0.380. The molecule has 0 aromatic carbocycles. The topological polar surface area (TPSA) is 91.8 Å². The van der Waals surface area contributed by atoms with Crippen molar-refractivity contribution < 1.29 is 23.1 Å². The zero-order valence-electron chi connectivity index (χ0n) is 11.9. The fourth-order valence-corrected chi connectivity index (χ4v) is 5.83. The Balaban J connectivity index is 1.73. The Morgan fingerprint density at radius 2 is 1.71 bits per heavy atom. The van der Waals surface area contributed by atoms with Gasteiger partial charge < -0.3 is 10.0 Å². The lowest BCUT2D eigenvalue weighted by molar-refractivity contribution is -0.146. The Morgan fingerprint density at radius 1 is 1.10 bits per heavy atom. The van der Waals surface area contributed by atoms with Crippen LogP contribution in [0.1, 0.15) is 32.1 Å². The first-order valence-electron chi connectivity index (χ1n) is 7.62. The van der Waals surface area contributed by atoms with E-state index in [1.54, 1.807) is 0 Å². The quantitative estimate of drug-likeness (QED) is 0.817. The number of amides is 1. The Morgan fingerprint density at radius 3 is 2.19 bits per heavy atom. The minimum Gasteiger partial charge on any atom is -0.480 e. The SMILES string of the molecule is O=C(O)CN(C(=O)C1C2CCCCC21)C1CCS(=O)(=O)C1. The number of carboxylic acids is 1. The van der Waals surface area contributed by atoms with Crippen LogP contribution >= 0.6 is 0 Å². The molecular formula is C14H21NO5S. The van der Waals surface area contributed by atoms with Gasteiger partial charge in [-0.15, -0.1) is 0 Å². The predicted octanol–water partition coefficient (Wildman–Crippen LogP) is 0.523. The maximum Gasteiger partial charge on any atom is 0.323 e. The first-order valence-corrected chi connectivity index (χ1v) is 9.44. The smallest absolute Gasteiger partial charge is 0.323 e. The summed E-state index contributed by atoms with van der Waals surface area (Å²) in [6, 6.07) is -0.457. The summed E-state index contributed by atoms with van der Waals surface area (Å²) < 4.78 is 23.2. The Hall–Kier alpha value is -1.11. The highest BCUT2D eigenvalue weighted by atomic mass is 32.2. The summed E-state index contributed by atoms with van der Waals surface area (Å²) in [4.78, 5) is 25.0. The molecule has 2 saturated carbocycles. The molecule has 1 N–H and O–H groups in total. The number of rotatable bonds is 4. The molecule has 6 nitrogen and oxygen atoms in total. The lowest BCUT2D eigenvalue weighted by Crippen LogP contribution is -2.45. The van der Waals surface area contributed by atoms with Crippen molar-refractivity contribution in [3.8, 4) is 0 Å². The summed E-state index contributed by atoms with van der Waals surface area (Å²) in [5.74, 6) is -0.490. The molecule has 0 aromatic rings. The van der Waals surface area contributed by atoms with Crippen molar-refractivity contribution in [2.24, 2.45) is 17.8 Å². The van der Waals surface area contributed by atoms with Crippen LogP contribution in [0, 0.1) is 17.8 Å². The number of sulfone groups is 1. The van der Waals surface area contributed by atoms with E-state index in [1.165, 1.54) is 4.90 Å². The molecule has 0 aromatic heterocycles. The molecule has 21 heavy (non-hydrogen) atoms. The van der Waals surface area contributed by atoms with E-state index in [2.05, 4.69) is 0 Å². The van der Waals surface area contributed by atoms with E-state index in [4.69, 9.17) is 5.11 Å². The number of hydrogen-bond donors (Lipinski definition) is 1. The van der Waals surface area contributed by atoms with Gasteiger partial charge in [-0.2, -0.15) is 0 Å². The highest BCUT2D eigenvalue weighted by molar-refractivity contribution is 7.91. The molecule has 1 amide bonds. The van der Waals surface area contributed by atoms with Gasteiger partial charge in [-0.25, -0.2) is 8.42 Å². The van der Waals surface area contributed by atoms with Crippen LogP contribution in [0.15, 0.2) is 0 Å². The monoisotopic (exact) mass is 315 g/mol. The first-order chi connectivity index (χ1) is 9.89. The average Bonchev–Trinajstić information content (AvgIpc) is 3.04. The molecule has 0 radical (unpaired) electrons. The number of aliphatic carboxylic acids is 1. The van der Waals surface area contributed by atoms with E-state index < -0.39 is 21.8 Å². The third kappa shape index (κ3) is 2.93. The lowest BCUT2D eigenvalue weighted by atomic mass is 10.0. The first kappa shape index (κ1) is 14.8. The minimum atomic E-state index is -3.13. The molecule has 3 unspecified atom stereocenters. The van der Waals surface area contributed by atoms with E-state index in [1.807, 2.05) is 0 Å². The number of fused-ring (bicyclic) bond motifs is 1. The second kappa shape index (κ2) is 5.26. The fourth-order valence-electron chi connectivity index (χ4n) is 4.10. The Labute approximate surface area is 124 Å². The van der Waals surface area contributed by atoms with Crippen molar-refractivity contribution in [3.63, 3.8) is 0 Å². The number of carbonyl (C=O) groups excluding carboxylic acids is 1. The number of nitrogens with zero attached hydrogens (tertiary/aromatic N) is 1. The molecular weight excluding hydrogens is 294 g/mol. The molecule has 1 heterocycles. The molecule has 2 aliphatic carbocycles. The third-order valence-corrected chi connectivity index (χ3v) is 6.93. The lowest BCUT2D eigenvalue weighted by Gasteiger charge is -2.27. The van der Waals surface area contributed by atoms with Gasteiger partial charge >= 0.3 is 5.97 Å². The second-order valence-corrected chi connectivity index (χ2v) is 8.78. The number of carboxylic acid groups (broad SMARTS) is 1. The van der Waals surface area contributed by atoms with E-state index in [0.717, 1.165) is 25.7 Å². The second-order valence-electron chi connectivity index (χ2n) is 6.55. The predicted molar refractivity (Wildman–Crippen MR) is 75.3 cm³/mol. The van der Waals surface area contributed by atoms with Gasteiger partial charge in [-0.3, -0.25) is 9.59 Å². The normalized spacial score (nSPS) is 36.8. The maximum absolute atomic E-state index is 12.7. The maximum atomic E-state index is 12.7. The number of carbonyl (C=O) groups is 2. The van der Waals surface area contributed by atoms with Gasteiger partial charge in [0.25, 0.3) is 0 Å². The van der Waals surface area contributed by atoms with Crippen LogP contribution in [0.4, 0.5) is 0 Å². The van der Waals surface area contributed by atoms with E-state index in [9.17, 15) is 18.0 Å². The van der Waals surface area contributed by atoms with Gasteiger partial charge in [0, 0.05) is 12.0 Å². The Kier molecular flexibility index (Phi) is 3.71. The van der Waals surface area contributed by atoms with Crippen LogP contribution in [-0.2, 0) is 19.4 Å². The summed E-state index contributed by atoms with van der Waals surface area (Å²) in [7, 11) is -3.13. The number of hydrogen-bond acceptors (Lipinski definition) is 4. The molecule has 7 heteroatoms. The van der Waals surface area contributed by atoms with Gasteiger partial charge in [0.15, 0.2) is 9.84 Å². The largest absolute Gasteiger partial charge is 0.480 e. The van der Waals surface area contributed by atoms with E-state index in [0.29, 0.717) is 18.3 Å². The van der Waals surface area contributed by atoms with Crippen LogP contribution in [0.5, 0.6) is 0 Å². The van der Waals surface area contributed by atoms with Gasteiger partial charge in [-0.1, -0.05) is 12.8 Å². The van der Waals surface area contributed by atoms with Crippen molar-refractivity contribution >= 4 is 21.7 Å². The zero-order valence-corrected chi connectivity index (χ0v) is 12.7. The van der Waals surface area contributed by atoms with Crippen molar-refractivity contribution in [1.29, 1.82) is 0 Å². The van der Waals surface area contributed by atoms with Gasteiger partial charge in [0.1, 0.15) is 6.54 Å². The molecule has 0 bridgehead atoms. The van der Waals surface area contributed by atoms with Crippen molar-refractivity contribution in [1.82, 2.24) is 4.90 Å². The average molecular weight is 315 g/mol. The van der Waals surface area contributed by atoms with Crippen LogP contribution in [0.3, 0.4) is 0 Å². The summed E-state index contributed by atoms with van der Waals surface area (Å²) in [5, 5.41) is 9.04. The fraction of sp³-hybridized carbons (Fsp3) is 0.857. The third-order valence-electron chi connectivity index (χ3n) is 5.18. The van der Waals surface area contributed by atoms with E-state index in [-0.39, 0.29) is 29.9 Å². The molecule has 118 valence electrons. The van der Waals surface area contributed by atoms with Crippen LogP contribution < -0.4 is 0 Å². The molecule has 3 rings (SSSR count). The summed E-state index contributed by atoms with van der Waals surface area (Å²) >= 11 is 0. The van der Waals surface area contributed by atoms with Crippen molar-refractivity contribution in [3.05, 3.63) is 0 Å².